The summed E-state index contributed by atoms with van der Waals surface area (Å²) in [6.45, 7) is 0.117. The highest BCUT2D eigenvalue weighted by molar-refractivity contribution is 6.29. The number of ether oxygens (including phenoxy) is 2. The molecule has 94 valence electrons. The van der Waals surface area contributed by atoms with E-state index in [-0.39, 0.29) is 6.54 Å². The number of nitrogens with one attached hydrogen (secondary N) is 1. The number of rotatable bonds is 5. The van der Waals surface area contributed by atoms with Crippen LogP contribution in [-0.4, -0.2) is 25.8 Å². The molecule has 0 saturated heterocycles. The van der Waals surface area contributed by atoms with Crippen molar-refractivity contribution in [3.63, 3.8) is 0 Å². The summed E-state index contributed by atoms with van der Waals surface area (Å²) in [5.41, 5.74) is -1.37. The lowest BCUT2D eigenvalue weighted by Gasteiger charge is -2.13. The maximum Gasteiger partial charge on any atom is 0.270 e. The van der Waals surface area contributed by atoms with Crippen LogP contribution in [0, 0.1) is 0 Å². The second-order valence-electron chi connectivity index (χ2n) is 3.17. The first-order valence-corrected chi connectivity index (χ1v) is 5.29. The number of carbonyl (C=O) groups is 1. The fraction of sp³-hybridized carbons (Fsp3) is 0.364. The van der Waals surface area contributed by atoms with E-state index in [9.17, 15) is 9.18 Å². The normalized spacial score (nSPS) is 11.8. The number of halogens is 2. The monoisotopic (exact) mass is 261 g/mol. The molecule has 0 radical (unpaired) electrons. The minimum Gasteiger partial charge on any atom is -0.493 e. The molecule has 1 atom stereocenters. The second-order valence-corrected chi connectivity index (χ2v) is 3.55. The van der Waals surface area contributed by atoms with E-state index in [2.05, 4.69) is 5.32 Å². The van der Waals surface area contributed by atoms with Crippen molar-refractivity contribution in [3.05, 3.63) is 23.8 Å². The van der Waals surface area contributed by atoms with Crippen LogP contribution in [0.5, 0.6) is 11.5 Å². The predicted octanol–water partition coefficient (Wildman–Crippen LogP) is 1.85. The van der Waals surface area contributed by atoms with Gasteiger partial charge >= 0.3 is 0 Å². The molecule has 0 aliphatic heterocycles. The summed E-state index contributed by atoms with van der Waals surface area (Å²) in [5, 5.41) is 2.34. The Labute approximate surface area is 104 Å². The van der Waals surface area contributed by atoms with Gasteiger partial charge in [0, 0.05) is 12.1 Å². The molecule has 0 aliphatic rings. The molecule has 1 aromatic rings. The highest BCUT2D eigenvalue weighted by Gasteiger charge is 2.14. The number of carbonyl (C=O) groups excluding carboxylic acids is 1. The number of hydrogen-bond acceptors (Lipinski definition) is 3. The molecule has 0 aromatic heterocycles. The molecule has 1 rings (SSSR count). The zero-order valence-electron chi connectivity index (χ0n) is 9.50. The van der Waals surface area contributed by atoms with Gasteiger partial charge in [-0.05, 0) is 6.07 Å². The third-order valence-electron chi connectivity index (χ3n) is 2.14. The van der Waals surface area contributed by atoms with Gasteiger partial charge in [-0.3, -0.25) is 4.79 Å². The van der Waals surface area contributed by atoms with Crippen LogP contribution in [0.15, 0.2) is 18.2 Å². The van der Waals surface area contributed by atoms with Gasteiger partial charge in [0.05, 0.1) is 14.2 Å². The molecular formula is C11H13ClFNO3. The lowest BCUT2D eigenvalue weighted by atomic mass is 10.2. The summed E-state index contributed by atoms with van der Waals surface area (Å²) in [6, 6.07) is 5.21. The molecule has 0 fully saturated rings. The van der Waals surface area contributed by atoms with Crippen LogP contribution in [0.4, 0.5) is 4.39 Å². The van der Waals surface area contributed by atoms with Crippen LogP contribution < -0.4 is 14.8 Å². The molecular weight excluding hydrogens is 249 g/mol. The van der Waals surface area contributed by atoms with Crippen molar-refractivity contribution in [2.24, 2.45) is 0 Å². The molecule has 4 nitrogen and oxygen atoms in total. The number of methoxy groups -OCH3 is 2. The summed E-state index contributed by atoms with van der Waals surface area (Å²) in [4.78, 5) is 11.0. The van der Waals surface area contributed by atoms with E-state index in [4.69, 9.17) is 21.1 Å². The molecule has 1 amide bonds. The number of para-hydroxylation sites is 1. The van der Waals surface area contributed by atoms with Crippen LogP contribution in [-0.2, 0) is 11.3 Å². The molecule has 0 aliphatic carbocycles. The smallest absolute Gasteiger partial charge is 0.270 e. The van der Waals surface area contributed by atoms with Crippen molar-refractivity contribution in [2.75, 3.05) is 14.2 Å². The maximum atomic E-state index is 12.4. The summed E-state index contributed by atoms with van der Waals surface area (Å²) in [7, 11) is 3.00. The van der Waals surface area contributed by atoms with Gasteiger partial charge in [0.2, 0.25) is 0 Å². The van der Waals surface area contributed by atoms with E-state index in [0.29, 0.717) is 17.1 Å². The first-order chi connectivity index (χ1) is 8.10. The summed E-state index contributed by atoms with van der Waals surface area (Å²) in [5.74, 6) is 0.166. The van der Waals surface area contributed by atoms with E-state index >= 15 is 0 Å². The van der Waals surface area contributed by atoms with Crippen molar-refractivity contribution in [3.8, 4) is 11.5 Å². The van der Waals surface area contributed by atoms with Crippen LogP contribution in [0.2, 0.25) is 0 Å². The third kappa shape index (κ3) is 3.49. The average Bonchev–Trinajstić information content (AvgIpc) is 2.34. The maximum absolute atomic E-state index is 12.4. The van der Waals surface area contributed by atoms with Gasteiger partial charge < -0.3 is 14.8 Å². The van der Waals surface area contributed by atoms with Gasteiger partial charge in [0.15, 0.2) is 11.5 Å². The number of alkyl halides is 2. The number of benzene rings is 1. The quantitative estimate of drug-likeness (QED) is 0.823. The summed E-state index contributed by atoms with van der Waals surface area (Å²) in [6.07, 6.45) is 0. The highest BCUT2D eigenvalue weighted by Crippen LogP contribution is 2.30. The van der Waals surface area contributed by atoms with Gasteiger partial charge in [-0.25, -0.2) is 4.39 Å². The minimum atomic E-state index is -2.05. The number of amides is 1. The SMILES string of the molecule is COc1cccc(CNC(=O)C(F)Cl)c1OC. The van der Waals surface area contributed by atoms with E-state index in [1.165, 1.54) is 14.2 Å². The minimum absolute atomic E-state index is 0.117. The Morgan fingerprint density at radius 3 is 2.71 bits per heavy atom. The van der Waals surface area contributed by atoms with Crippen LogP contribution >= 0.6 is 11.6 Å². The molecule has 6 heteroatoms. The molecule has 1 N–H and O–H groups in total. The lowest BCUT2D eigenvalue weighted by Crippen LogP contribution is -2.28. The standard InChI is InChI=1S/C11H13ClFNO3/c1-16-8-5-3-4-7(9(8)17-2)6-14-11(15)10(12)13/h3-5,10H,6H2,1-2H3,(H,14,15). The van der Waals surface area contributed by atoms with Gasteiger partial charge in [-0.2, -0.15) is 0 Å². The Morgan fingerprint density at radius 1 is 1.47 bits per heavy atom. The Kier molecular flexibility index (Phi) is 5.03. The topological polar surface area (TPSA) is 47.6 Å². The van der Waals surface area contributed by atoms with Gasteiger partial charge in [-0.1, -0.05) is 23.7 Å². The largest absolute Gasteiger partial charge is 0.493 e. The number of hydrogen-bond donors (Lipinski definition) is 1. The molecule has 1 aromatic carbocycles. The lowest BCUT2D eigenvalue weighted by molar-refractivity contribution is -0.123. The van der Waals surface area contributed by atoms with E-state index in [1.807, 2.05) is 0 Å². The zero-order chi connectivity index (χ0) is 12.8. The van der Waals surface area contributed by atoms with E-state index < -0.39 is 11.5 Å². The van der Waals surface area contributed by atoms with Crippen molar-refractivity contribution < 1.29 is 18.7 Å². The molecule has 0 spiro atoms. The second kappa shape index (κ2) is 6.30. The van der Waals surface area contributed by atoms with Crippen LogP contribution in [0.3, 0.4) is 0 Å². The fourth-order valence-corrected chi connectivity index (χ4v) is 1.43. The molecule has 0 saturated carbocycles. The van der Waals surface area contributed by atoms with Gasteiger partial charge in [-0.15, -0.1) is 0 Å². The van der Waals surface area contributed by atoms with Gasteiger partial charge in [0.25, 0.3) is 11.5 Å². The van der Waals surface area contributed by atoms with Crippen molar-refractivity contribution in [1.82, 2.24) is 5.32 Å². The Hall–Kier alpha value is -1.49. The van der Waals surface area contributed by atoms with Crippen molar-refractivity contribution in [2.45, 2.75) is 12.2 Å². The summed E-state index contributed by atoms with van der Waals surface area (Å²) >= 11 is 4.99. The highest BCUT2D eigenvalue weighted by atomic mass is 35.5. The Bertz CT molecular complexity index is 398. The molecule has 1 unspecified atom stereocenters. The third-order valence-corrected chi connectivity index (χ3v) is 2.33. The van der Waals surface area contributed by atoms with E-state index in [1.54, 1.807) is 18.2 Å². The predicted molar refractivity (Wildman–Crippen MR) is 62.1 cm³/mol. The Morgan fingerprint density at radius 2 is 2.18 bits per heavy atom. The van der Waals surface area contributed by atoms with Crippen molar-refractivity contribution in [1.29, 1.82) is 0 Å². The molecule has 0 heterocycles. The zero-order valence-corrected chi connectivity index (χ0v) is 10.3. The average molecular weight is 262 g/mol. The van der Waals surface area contributed by atoms with Crippen LogP contribution in [0.1, 0.15) is 5.56 Å². The summed E-state index contributed by atoms with van der Waals surface area (Å²) < 4.78 is 22.7. The molecule has 17 heavy (non-hydrogen) atoms. The Balaban J connectivity index is 2.80. The van der Waals surface area contributed by atoms with Gasteiger partial charge in [0.1, 0.15) is 0 Å². The van der Waals surface area contributed by atoms with E-state index in [0.717, 1.165) is 0 Å². The van der Waals surface area contributed by atoms with Crippen LogP contribution in [0.25, 0.3) is 0 Å². The first-order valence-electron chi connectivity index (χ1n) is 4.86. The molecule has 0 bridgehead atoms. The fourth-order valence-electron chi connectivity index (χ4n) is 1.35. The first kappa shape index (κ1) is 13.6. The van der Waals surface area contributed by atoms with Crippen molar-refractivity contribution >= 4 is 17.5 Å².